The van der Waals surface area contributed by atoms with E-state index in [0.29, 0.717) is 25.0 Å². The number of unbranched alkanes of at least 4 members (excludes halogenated alkanes) is 1. The molecule has 0 fully saturated rings. The van der Waals surface area contributed by atoms with Crippen molar-refractivity contribution in [2.75, 3.05) is 19.0 Å². The molecule has 33 heavy (non-hydrogen) atoms. The Balaban J connectivity index is 2.07. The predicted molar refractivity (Wildman–Crippen MR) is 113 cm³/mol. The number of carbonyl (C=O) groups excluding carboxylic acids is 3. The summed E-state index contributed by atoms with van der Waals surface area (Å²) in [5.74, 6) is -5.28. The summed E-state index contributed by atoms with van der Waals surface area (Å²) in [7, 11) is 1.27. The molecule has 3 N–H and O–H groups in total. The van der Waals surface area contributed by atoms with Crippen LogP contribution in [0.3, 0.4) is 0 Å². The summed E-state index contributed by atoms with van der Waals surface area (Å²) in [6.45, 7) is 0.0970. The summed E-state index contributed by atoms with van der Waals surface area (Å²) in [6.07, 6.45) is 1.07. The van der Waals surface area contributed by atoms with Gasteiger partial charge in [-0.25, -0.2) is 18.4 Å². The van der Waals surface area contributed by atoms with Crippen LogP contribution in [0.15, 0.2) is 30.3 Å². The van der Waals surface area contributed by atoms with Gasteiger partial charge in [-0.3, -0.25) is 14.9 Å². The molecule has 2 aromatic carbocycles. The number of ether oxygens (including phenoxy) is 2. The highest BCUT2D eigenvalue weighted by Gasteiger charge is 2.19. The van der Waals surface area contributed by atoms with Gasteiger partial charge in [-0.1, -0.05) is 11.6 Å². The molecule has 0 radical (unpaired) electrons. The van der Waals surface area contributed by atoms with Gasteiger partial charge in [0.2, 0.25) is 0 Å². The maximum absolute atomic E-state index is 13.4. The van der Waals surface area contributed by atoms with Crippen molar-refractivity contribution in [1.82, 2.24) is 5.32 Å². The largest absolute Gasteiger partial charge is 0.491 e. The van der Waals surface area contributed by atoms with Crippen molar-refractivity contribution >= 4 is 41.2 Å². The highest BCUT2D eigenvalue weighted by atomic mass is 35.5. The van der Waals surface area contributed by atoms with Crippen molar-refractivity contribution in [2.45, 2.75) is 19.3 Å². The van der Waals surface area contributed by atoms with Gasteiger partial charge in [0.1, 0.15) is 5.75 Å². The van der Waals surface area contributed by atoms with Gasteiger partial charge in [0.25, 0.3) is 5.91 Å². The van der Waals surface area contributed by atoms with Crippen LogP contribution >= 0.6 is 11.6 Å². The van der Waals surface area contributed by atoms with Crippen molar-refractivity contribution in [3.8, 4) is 5.75 Å². The van der Waals surface area contributed by atoms with Crippen molar-refractivity contribution in [2.24, 2.45) is 0 Å². The number of anilines is 1. The quantitative estimate of drug-likeness (QED) is 0.278. The number of methoxy groups -OCH3 is 1. The number of amides is 3. The van der Waals surface area contributed by atoms with Gasteiger partial charge in [0.15, 0.2) is 11.6 Å². The van der Waals surface area contributed by atoms with Gasteiger partial charge in [-0.05, 0) is 43.2 Å². The Morgan fingerprint density at radius 1 is 1.06 bits per heavy atom. The minimum Gasteiger partial charge on any atom is -0.491 e. The number of esters is 1. The van der Waals surface area contributed by atoms with Crippen LogP contribution in [0.5, 0.6) is 5.75 Å². The van der Waals surface area contributed by atoms with Gasteiger partial charge < -0.3 is 19.9 Å². The molecule has 0 spiro atoms. The molecule has 0 unspecified atom stereocenters. The van der Waals surface area contributed by atoms with Crippen LogP contribution in [0.4, 0.5) is 19.3 Å². The molecule has 3 amide bonds. The molecule has 9 nitrogen and oxygen atoms in total. The normalized spacial score (nSPS) is 10.3. The number of rotatable bonds is 9. The smallest absolute Gasteiger partial charge is 0.335 e. The summed E-state index contributed by atoms with van der Waals surface area (Å²) in [5, 5.41) is 13.0. The average Bonchev–Trinajstić information content (AvgIpc) is 2.76. The fourth-order valence-electron chi connectivity index (χ4n) is 2.55. The van der Waals surface area contributed by atoms with Crippen LogP contribution in [0.2, 0.25) is 5.02 Å². The number of nitrogens with one attached hydrogen (secondary N) is 2. The highest BCUT2D eigenvalue weighted by molar-refractivity contribution is 6.34. The lowest BCUT2D eigenvalue weighted by molar-refractivity contribution is -0.140. The Labute approximate surface area is 191 Å². The zero-order valence-corrected chi connectivity index (χ0v) is 18.0. The van der Waals surface area contributed by atoms with Gasteiger partial charge in [0, 0.05) is 6.42 Å². The number of imide groups is 1. The molecule has 0 aliphatic carbocycles. The first-order valence-corrected chi connectivity index (χ1v) is 9.84. The van der Waals surface area contributed by atoms with Crippen LogP contribution < -0.4 is 15.4 Å². The van der Waals surface area contributed by atoms with Gasteiger partial charge >= 0.3 is 18.0 Å². The number of halogens is 3. The minimum atomic E-state index is -1.32. The third kappa shape index (κ3) is 7.42. The van der Waals surface area contributed by atoms with E-state index in [9.17, 15) is 33.1 Å². The second kappa shape index (κ2) is 11.8. The summed E-state index contributed by atoms with van der Waals surface area (Å²) in [4.78, 5) is 46.8. The Morgan fingerprint density at radius 3 is 2.42 bits per heavy atom. The van der Waals surface area contributed by atoms with Gasteiger partial charge in [-0.15, -0.1) is 0 Å². The molecule has 0 aliphatic rings. The number of benzene rings is 2. The standard InChI is InChI=1S/C21H19ClF2N2O7/c1-32-18(27)4-2-3-7-33-17-8-11(20(29)30)5-6-16(17)25-21(31)26-19(28)12-9-14(23)15(24)10-13(12)22/h5-6,8-10H,2-4,7H2,1H3,(H,29,30)(H2,25,26,28,31). The van der Waals surface area contributed by atoms with Gasteiger partial charge in [0.05, 0.1) is 35.6 Å². The zero-order chi connectivity index (χ0) is 24.5. The molecule has 0 aromatic heterocycles. The third-order valence-corrected chi connectivity index (χ3v) is 4.53. The first kappa shape index (κ1) is 25.5. The second-order valence-corrected chi connectivity index (χ2v) is 6.96. The highest BCUT2D eigenvalue weighted by Crippen LogP contribution is 2.27. The first-order valence-electron chi connectivity index (χ1n) is 9.46. The molecule has 0 heterocycles. The maximum Gasteiger partial charge on any atom is 0.335 e. The Kier molecular flexibility index (Phi) is 9.10. The molecular weight excluding hydrogens is 466 g/mol. The molecule has 0 saturated heterocycles. The van der Waals surface area contributed by atoms with Crippen LogP contribution in [0, 0.1) is 11.6 Å². The molecule has 0 atom stereocenters. The van der Waals surface area contributed by atoms with E-state index < -0.39 is 40.1 Å². The van der Waals surface area contributed by atoms with Gasteiger partial charge in [-0.2, -0.15) is 0 Å². The fraction of sp³-hybridized carbons (Fsp3) is 0.238. The van der Waals surface area contributed by atoms with Crippen LogP contribution in [0.1, 0.15) is 40.0 Å². The SMILES string of the molecule is COC(=O)CCCCOc1cc(C(=O)O)ccc1NC(=O)NC(=O)c1cc(F)c(F)cc1Cl. The monoisotopic (exact) mass is 484 g/mol. The summed E-state index contributed by atoms with van der Waals surface area (Å²) in [5.41, 5.74) is -0.543. The van der Waals surface area contributed by atoms with Crippen LogP contribution in [-0.4, -0.2) is 42.7 Å². The van der Waals surface area contributed by atoms with E-state index in [2.05, 4.69) is 10.1 Å². The van der Waals surface area contributed by atoms with Crippen LogP contribution in [-0.2, 0) is 9.53 Å². The van der Waals surface area contributed by atoms with Crippen molar-refractivity contribution < 1.29 is 42.5 Å². The second-order valence-electron chi connectivity index (χ2n) is 6.55. The number of aromatic carboxylic acids is 1. The van der Waals surface area contributed by atoms with E-state index in [1.165, 1.54) is 25.3 Å². The first-order chi connectivity index (χ1) is 15.6. The number of hydrogen-bond donors (Lipinski definition) is 3. The van der Waals surface area contributed by atoms with E-state index in [1.807, 2.05) is 5.32 Å². The number of hydrogen-bond acceptors (Lipinski definition) is 6. The number of urea groups is 1. The van der Waals surface area contributed by atoms with Crippen molar-refractivity contribution in [1.29, 1.82) is 0 Å². The Bertz CT molecular complexity index is 1080. The molecule has 2 aromatic rings. The zero-order valence-electron chi connectivity index (χ0n) is 17.2. The molecular formula is C21H19ClF2N2O7. The van der Waals surface area contributed by atoms with E-state index in [0.717, 1.165) is 0 Å². The topological polar surface area (TPSA) is 131 Å². The lowest BCUT2D eigenvalue weighted by Crippen LogP contribution is -2.34. The Morgan fingerprint density at radius 2 is 1.76 bits per heavy atom. The molecule has 0 saturated carbocycles. The lowest BCUT2D eigenvalue weighted by atomic mass is 10.2. The molecule has 12 heteroatoms. The van der Waals surface area contributed by atoms with E-state index >= 15 is 0 Å². The number of carboxylic acid groups (broad SMARTS) is 1. The van der Waals surface area contributed by atoms with E-state index in [4.69, 9.17) is 16.3 Å². The number of carboxylic acids is 1. The Hall–Kier alpha value is -3.73. The molecule has 0 bridgehead atoms. The molecule has 2 rings (SSSR count). The van der Waals surface area contributed by atoms with Crippen molar-refractivity contribution in [3.05, 3.63) is 58.1 Å². The predicted octanol–water partition coefficient (Wildman–Crippen LogP) is 4.00. The maximum atomic E-state index is 13.4. The van der Waals surface area contributed by atoms with Crippen molar-refractivity contribution in [3.63, 3.8) is 0 Å². The summed E-state index contributed by atoms with van der Waals surface area (Å²) < 4.78 is 36.6. The van der Waals surface area contributed by atoms with Crippen LogP contribution in [0.25, 0.3) is 0 Å². The fourth-order valence-corrected chi connectivity index (χ4v) is 2.79. The van der Waals surface area contributed by atoms with E-state index in [1.54, 1.807) is 0 Å². The summed E-state index contributed by atoms with van der Waals surface area (Å²) >= 11 is 5.72. The lowest BCUT2D eigenvalue weighted by Gasteiger charge is -2.14. The molecule has 176 valence electrons. The summed E-state index contributed by atoms with van der Waals surface area (Å²) in [6, 6.07) is 3.72. The third-order valence-electron chi connectivity index (χ3n) is 4.22. The van der Waals surface area contributed by atoms with E-state index in [-0.39, 0.29) is 36.0 Å². The average molecular weight is 485 g/mol. The minimum absolute atomic E-state index is 0.00132. The molecule has 0 aliphatic heterocycles. The number of carbonyl (C=O) groups is 4.